The molecule has 1 heterocycles. The molecule has 0 aliphatic carbocycles. The lowest BCUT2D eigenvalue weighted by Crippen LogP contribution is -2.43. The smallest absolute Gasteiger partial charge is 0.312 e. The molecule has 2 aromatic rings. The first kappa shape index (κ1) is 18.7. The molecule has 3 N–H and O–H groups in total. The number of carboxylic acids is 1. The van der Waals surface area contributed by atoms with Crippen molar-refractivity contribution in [2.75, 3.05) is 42.9 Å². The van der Waals surface area contributed by atoms with E-state index in [1.165, 1.54) is 6.07 Å². The Kier molecular flexibility index (Phi) is 5.87. The maximum Gasteiger partial charge on any atom is 0.312 e. The van der Waals surface area contributed by atoms with Crippen LogP contribution in [0.5, 0.6) is 0 Å². The Morgan fingerprint density at radius 1 is 1.22 bits per heavy atom. The normalized spacial score (nSPS) is 15.2. The highest BCUT2D eigenvalue weighted by Crippen LogP contribution is 2.30. The first-order valence-corrected chi connectivity index (χ1v) is 8.82. The molecule has 3 rings (SSSR count). The topological polar surface area (TPSA) is 108 Å². The zero-order valence-corrected chi connectivity index (χ0v) is 14.8. The first-order valence-electron chi connectivity index (χ1n) is 8.82. The number of piperazine rings is 1. The molecule has 0 aromatic heterocycles. The van der Waals surface area contributed by atoms with Crippen molar-refractivity contribution in [2.45, 2.75) is 5.92 Å². The average Bonchev–Trinajstić information content (AvgIpc) is 2.69. The van der Waals surface area contributed by atoms with E-state index >= 15 is 0 Å². The summed E-state index contributed by atoms with van der Waals surface area (Å²) in [6, 6.07) is 13.8. The van der Waals surface area contributed by atoms with Gasteiger partial charge in [-0.05, 0) is 17.7 Å². The van der Waals surface area contributed by atoms with E-state index in [2.05, 4.69) is 15.5 Å². The van der Waals surface area contributed by atoms with Crippen LogP contribution in [0.2, 0.25) is 0 Å². The number of carbonyl (C=O) groups is 1. The van der Waals surface area contributed by atoms with Gasteiger partial charge in [-0.15, -0.1) is 0 Å². The number of rotatable bonds is 7. The number of anilines is 2. The van der Waals surface area contributed by atoms with E-state index in [0.717, 1.165) is 31.9 Å². The Balaban J connectivity index is 1.83. The molecule has 8 heteroatoms. The molecule has 1 aliphatic heterocycles. The molecule has 27 heavy (non-hydrogen) atoms. The number of nitro groups is 1. The second-order valence-electron chi connectivity index (χ2n) is 6.38. The van der Waals surface area contributed by atoms with Crippen LogP contribution in [0, 0.1) is 10.1 Å². The van der Waals surface area contributed by atoms with Crippen LogP contribution in [-0.4, -0.2) is 48.7 Å². The minimum atomic E-state index is -0.977. The molecule has 1 atom stereocenters. The van der Waals surface area contributed by atoms with Crippen molar-refractivity contribution in [3.05, 3.63) is 64.2 Å². The summed E-state index contributed by atoms with van der Waals surface area (Å²) >= 11 is 0. The number of nitrogens with zero attached hydrogens (tertiary/aromatic N) is 2. The maximum atomic E-state index is 11.7. The summed E-state index contributed by atoms with van der Waals surface area (Å²) in [6.07, 6.45) is 0. The standard InChI is InChI=1S/C19H22N4O4/c24-19(25)16(14-4-2-1-3-5-14)13-21-17-12-15(6-7-18(17)23(26)27)22-10-8-20-9-11-22/h1-7,12,16,20-21H,8-11,13H2,(H,24,25)/t16-/m1/s1. The van der Waals surface area contributed by atoms with Gasteiger partial charge < -0.3 is 20.6 Å². The monoisotopic (exact) mass is 370 g/mol. The Morgan fingerprint density at radius 3 is 2.56 bits per heavy atom. The largest absolute Gasteiger partial charge is 0.481 e. The highest BCUT2D eigenvalue weighted by Gasteiger charge is 2.22. The Labute approximate surface area is 157 Å². The number of aliphatic carboxylic acids is 1. The molecule has 2 aromatic carbocycles. The zero-order valence-electron chi connectivity index (χ0n) is 14.8. The summed E-state index contributed by atoms with van der Waals surface area (Å²) in [7, 11) is 0. The molecule has 8 nitrogen and oxygen atoms in total. The van der Waals surface area contributed by atoms with Gasteiger partial charge in [0.05, 0.1) is 10.8 Å². The number of carboxylic acid groups (broad SMARTS) is 1. The van der Waals surface area contributed by atoms with E-state index in [9.17, 15) is 20.0 Å². The predicted octanol–water partition coefficient (Wildman–Crippen LogP) is 2.28. The van der Waals surface area contributed by atoms with E-state index in [-0.39, 0.29) is 12.2 Å². The van der Waals surface area contributed by atoms with E-state index in [1.807, 2.05) is 6.07 Å². The van der Waals surface area contributed by atoms with Gasteiger partial charge in [-0.1, -0.05) is 30.3 Å². The summed E-state index contributed by atoms with van der Waals surface area (Å²) in [5.74, 6) is -1.77. The molecule has 0 unspecified atom stereocenters. The van der Waals surface area contributed by atoms with Gasteiger partial charge in [0, 0.05) is 44.5 Å². The predicted molar refractivity (Wildman–Crippen MR) is 103 cm³/mol. The number of nitro benzene ring substituents is 1. The van der Waals surface area contributed by atoms with Crippen molar-refractivity contribution in [1.29, 1.82) is 0 Å². The number of benzene rings is 2. The fourth-order valence-corrected chi connectivity index (χ4v) is 3.19. The SMILES string of the molecule is O=C(O)[C@H](CNc1cc(N2CCNCC2)ccc1[N+](=O)[O-])c1ccccc1. The van der Waals surface area contributed by atoms with Gasteiger partial charge in [0.25, 0.3) is 5.69 Å². The highest BCUT2D eigenvalue weighted by atomic mass is 16.6. The van der Waals surface area contributed by atoms with E-state index in [1.54, 1.807) is 36.4 Å². The molecule has 142 valence electrons. The second-order valence-corrected chi connectivity index (χ2v) is 6.38. The fourth-order valence-electron chi connectivity index (χ4n) is 3.19. The molecular weight excluding hydrogens is 348 g/mol. The van der Waals surface area contributed by atoms with Crippen LogP contribution >= 0.6 is 0 Å². The van der Waals surface area contributed by atoms with Crippen LogP contribution in [0.1, 0.15) is 11.5 Å². The van der Waals surface area contributed by atoms with Crippen molar-refractivity contribution >= 4 is 23.0 Å². The van der Waals surface area contributed by atoms with Crippen LogP contribution < -0.4 is 15.5 Å². The van der Waals surface area contributed by atoms with Gasteiger partial charge in [0.2, 0.25) is 0 Å². The van der Waals surface area contributed by atoms with E-state index in [4.69, 9.17) is 0 Å². The molecule has 0 spiro atoms. The summed E-state index contributed by atoms with van der Waals surface area (Å²) in [4.78, 5) is 24.7. The van der Waals surface area contributed by atoms with Crippen molar-refractivity contribution in [3.63, 3.8) is 0 Å². The molecular formula is C19H22N4O4. The quantitative estimate of drug-likeness (QED) is 0.507. The average molecular weight is 370 g/mol. The summed E-state index contributed by atoms with van der Waals surface area (Å²) in [5.41, 5.74) is 1.80. The van der Waals surface area contributed by atoms with Gasteiger partial charge in [0.15, 0.2) is 0 Å². The first-order chi connectivity index (χ1) is 13.1. The third-order valence-corrected chi connectivity index (χ3v) is 4.66. The summed E-state index contributed by atoms with van der Waals surface area (Å²) in [5, 5.41) is 27.2. The van der Waals surface area contributed by atoms with Gasteiger partial charge in [-0.3, -0.25) is 14.9 Å². The Bertz CT molecular complexity index is 807. The number of nitrogens with one attached hydrogen (secondary N) is 2. The van der Waals surface area contributed by atoms with Crippen LogP contribution in [0.15, 0.2) is 48.5 Å². The van der Waals surface area contributed by atoms with Gasteiger partial charge in [-0.2, -0.15) is 0 Å². The summed E-state index contributed by atoms with van der Waals surface area (Å²) in [6.45, 7) is 3.41. The highest BCUT2D eigenvalue weighted by molar-refractivity contribution is 5.78. The second kappa shape index (κ2) is 8.50. The molecule has 0 radical (unpaired) electrons. The molecule has 0 amide bonds. The third kappa shape index (κ3) is 4.53. The number of hydrogen-bond donors (Lipinski definition) is 3. The Hall–Kier alpha value is -3.13. The molecule has 1 saturated heterocycles. The summed E-state index contributed by atoms with van der Waals surface area (Å²) < 4.78 is 0. The minimum absolute atomic E-state index is 0.0607. The van der Waals surface area contributed by atoms with Crippen LogP contribution in [-0.2, 0) is 4.79 Å². The van der Waals surface area contributed by atoms with Crippen LogP contribution in [0.25, 0.3) is 0 Å². The molecule has 0 saturated carbocycles. The molecule has 0 bridgehead atoms. The van der Waals surface area contributed by atoms with Crippen LogP contribution in [0.4, 0.5) is 17.1 Å². The molecule has 1 aliphatic rings. The van der Waals surface area contributed by atoms with E-state index in [0.29, 0.717) is 11.3 Å². The zero-order chi connectivity index (χ0) is 19.2. The lowest BCUT2D eigenvalue weighted by atomic mass is 9.99. The lowest BCUT2D eigenvalue weighted by Gasteiger charge is -2.29. The molecule has 1 fully saturated rings. The number of hydrogen-bond acceptors (Lipinski definition) is 6. The lowest BCUT2D eigenvalue weighted by molar-refractivity contribution is -0.383. The maximum absolute atomic E-state index is 11.7. The minimum Gasteiger partial charge on any atom is -0.481 e. The van der Waals surface area contributed by atoms with Crippen molar-refractivity contribution < 1.29 is 14.8 Å². The van der Waals surface area contributed by atoms with Gasteiger partial charge in [-0.25, -0.2) is 0 Å². The van der Waals surface area contributed by atoms with Crippen molar-refractivity contribution in [1.82, 2.24) is 5.32 Å². The Morgan fingerprint density at radius 2 is 1.93 bits per heavy atom. The van der Waals surface area contributed by atoms with Gasteiger partial charge >= 0.3 is 5.97 Å². The van der Waals surface area contributed by atoms with E-state index < -0.39 is 16.8 Å². The fraction of sp³-hybridized carbons (Fsp3) is 0.316. The van der Waals surface area contributed by atoms with Crippen molar-refractivity contribution in [3.8, 4) is 0 Å². The van der Waals surface area contributed by atoms with Crippen LogP contribution in [0.3, 0.4) is 0 Å². The van der Waals surface area contributed by atoms with Gasteiger partial charge in [0.1, 0.15) is 5.69 Å². The third-order valence-electron chi connectivity index (χ3n) is 4.66. The van der Waals surface area contributed by atoms with Crippen molar-refractivity contribution in [2.24, 2.45) is 0 Å².